The Morgan fingerprint density at radius 1 is 1.23 bits per heavy atom. The minimum atomic E-state index is -0.211. The van der Waals surface area contributed by atoms with E-state index in [9.17, 15) is 9.59 Å². The van der Waals surface area contributed by atoms with Crippen molar-refractivity contribution in [3.8, 4) is 22.8 Å². The van der Waals surface area contributed by atoms with Crippen molar-refractivity contribution in [2.45, 2.75) is 6.42 Å². The molecule has 26 heavy (non-hydrogen) atoms. The van der Waals surface area contributed by atoms with Gasteiger partial charge in [-0.1, -0.05) is 17.7 Å². The van der Waals surface area contributed by atoms with Crippen molar-refractivity contribution in [2.24, 2.45) is 0 Å². The monoisotopic (exact) mass is 436 g/mol. The van der Waals surface area contributed by atoms with Crippen LogP contribution in [0.15, 0.2) is 50.1 Å². The quantitative estimate of drug-likeness (QED) is 0.407. The molecule has 3 rings (SSSR count). The van der Waals surface area contributed by atoms with E-state index < -0.39 is 0 Å². The van der Waals surface area contributed by atoms with Crippen LogP contribution >= 0.6 is 27.5 Å². The highest BCUT2D eigenvalue weighted by Gasteiger charge is 2.16. The summed E-state index contributed by atoms with van der Waals surface area (Å²) in [5.74, 6) is 1.30. The van der Waals surface area contributed by atoms with Crippen LogP contribution in [0.5, 0.6) is 11.5 Å². The number of carbonyl (C=O) groups is 1. The van der Waals surface area contributed by atoms with Gasteiger partial charge in [0.2, 0.25) is 0 Å². The molecule has 0 atom stereocenters. The van der Waals surface area contributed by atoms with Crippen LogP contribution in [0.3, 0.4) is 0 Å². The third kappa shape index (κ3) is 3.61. The van der Waals surface area contributed by atoms with Crippen LogP contribution in [0.1, 0.15) is 6.42 Å². The summed E-state index contributed by atoms with van der Waals surface area (Å²) < 4.78 is 17.5. The second kappa shape index (κ2) is 7.93. The van der Waals surface area contributed by atoms with Crippen LogP contribution in [-0.2, 0) is 4.79 Å². The fourth-order valence-electron chi connectivity index (χ4n) is 2.50. The predicted molar refractivity (Wildman–Crippen MR) is 103 cm³/mol. The summed E-state index contributed by atoms with van der Waals surface area (Å²) >= 11 is 9.58. The van der Waals surface area contributed by atoms with E-state index >= 15 is 0 Å². The Morgan fingerprint density at radius 2 is 2.04 bits per heavy atom. The number of halogens is 2. The zero-order valence-corrected chi connectivity index (χ0v) is 16.1. The van der Waals surface area contributed by atoms with Gasteiger partial charge in [0.05, 0.1) is 34.2 Å². The van der Waals surface area contributed by atoms with Gasteiger partial charge in [0.1, 0.15) is 23.5 Å². The van der Waals surface area contributed by atoms with Gasteiger partial charge in [0.25, 0.3) is 0 Å². The summed E-state index contributed by atoms with van der Waals surface area (Å²) in [5.41, 5.74) is 0.637. The molecule has 0 aliphatic carbocycles. The lowest BCUT2D eigenvalue weighted by atomic mass is 10.1. The zero-order valence-electron chi connectivity index (χ0n) is 13.8. The molecule has 0 radical (unpaired) electrons. The standard InChI is InChI=1S/C19H14BrClO5/c1-24-16-9-13(20)18(25-7-3-6-22)8-12(16)17-10-15(23)11-4-2-5-14(21)19(11)26-17/h2,4-6,8-10H,3,7H2,1H3. The number of para-hydroxylation sites is 1. The normalized spacial score (nSPS) is 10.7. The highest BCUT2D eigenvalue weighted by atomic mass is 79.9. The van der Waals surface area contributed by atoms with Gasteiger partial charge < -0.3 is 18.7 Å². The summed E-state index contributed by atoms with van der Waals surface area (Å²) in [7, 11) is 1.52. The molecule has 0 bridgehead atoms. The lowest BCUT2D eigenvalue weighted by Gasteiger charge is -2.13. The molecular formula is C19H14BrClO5. The molecule has 0 saturated carbocycles. The van der Waals surface area contributed by atoms with Crippen LogP contribution in [0.25, 0.3) is 22.3 Å². The smallest absolute Gasteiger partial charge is 0.193 e. The van der Waals surface area contributed by atoms with Gasteiger partial charge in [0, 0.05) is 12.5 Å². The lowest BCUT2D eigenvalue weighted by Crippen LogP contribution is -2.02. The fraction of sp³-hybridized carbons (Fsp3) is 0.158. The summed E-state index contributed by atoms with van der Waals surface area (Å²) in [4.78, 5) is 22.9. The van der Waals surface area contributed by atoms with Crippen LogP contribution in [0, 0.1) is 0 Å². The Bertz CT molecular complexity index is 1030. The van der Waals surface area contributed by atoms with Crippen LogP contribution in [0.2, 0.25) is 5.02 Å². The number of benzene rings is 2. The molecule has 134 valence electrons. The zero-order chi connectivity index (χ0) is 18.7. The van der Waals surface area contributed by atoms with Crippen molar-refractivity contribution in [3.05, 3.63) is 56.1 Å². The first-order chi connectivity index (χ1) is 12.5. The van der Waals surface area contributed by atoms with Crippen molar-refractivity contribution < 1.29 is 18.7 Å². The number of ether oxygens (including phenoxy) is 2. The van der Waals surface area contributed by atoms with Crippen LogP contribution in [-0.4, -0.2) is 20.0 Å². The predicted octanol–water partition coefficient (Wildman–Crippen LogP) is 4.85. The number of rotatable bonds is 6. The lowest BCUT2D eigenvalue weighted by molar-refractivity contribution is -0.108. The molecule has 1 aromatic heterocycles. The first kappa shape index (κ1) is 18.5. The van der Waals surface area contributed by atoms with Crippen LogP contribution in [0.4, 0.5) is 0 Å². The first-order valence-corrected chi connectivity index (χ1v) is 8.89. The van der Waals surface area contributed by atoms with Gasteiger partial charge in [-0.15, -0.1) is 0 Å². The van der Waals surface area contributed by atoms with E-state index in [-0.39, 0.29) is 18.5 Å². The maximum Gasteiger partial charge on any atom is 0.193 e. The van der Waals surface area contributed by atoms with Gasteiger partial charge in [-0.25, -0.2) is 0 Å². The van der Waals surface area contributed by atoms with E-state index in [0.717, 1.165) is 6.29 Å². The molecule has 0 fully saturated rings. The van der Waals surface area contributed by atoms with Gasteiger partial charge >= 0.3 is 0 Å². The molecular weight excluding hydrogens is 424 g/mol. The SMILES string of the molecule is COc1cc(Br)c(OCCC=O)cc1-c1cc(=O)c2cccc(Cl)c2o1. The fourth-order valence-corrected chi connectivity index (χ4v) is 3.15. The molecule has 0 spiro atoms. The molecule has 0 unspecified atom stereocenters. The maximum atomic E-state index is 12.4. The van der Waals surface area contributed by atoms with E-state index in [2.05, 4.69) is 15.9 Å². The summed E-state index contributed by atoms with van der Waals surface area (Å²) in [6.45, 7) is 0.237. The van der Waals surface area contributed by atoms with Crippen molar-refractivity contribution in [3.63, 3.8) is 0 Å². The number of carbonyl (C=O) groups excluding carboxylic acids is 1. The largest absolute Gasteiger partial charge is 0.496 e. The molecule has 0 N–H and O–H groups in total. The summed E-state index contributed by atoms with van der Waals surface area (Å²) in [5, 5.41) is 0.750. The Morgan fingerprint density at radius 3 is 2.77 bits per heavy atom. The molecule has 1 heterocycles. The average molecular weight is 438 g/mol. The van der Waals surface area contributed by atoms with E-state index in [4.69, 9.17) is 25.5 Å². The van der Waals surface area contributed by atoms with Crippen molar-refractivity contribution in [1.29, 1.82) is 0 Å². The number of hydrogen-bond donors (Lipinski definition) is 0. The molecule has 7 heteroatoms. The highest BCUT2D eigenvalue weighted by Crippen LogP contribution is 2.39. The van der Waals surface area contributed by atoms with E-state index in [1.807, 2.05) is 0 Å². The number of hydrogen-bond acceptors (Lipinski definition) is 5. The van der Waals surface area contributed by atoms with Gasteiger partial charge in [-0.2, -0.15) is 0 Å². The third-order valence-corrected chi connectivity index (χ3v) is 4.64. The van der Waals surface area contributed by atoms with E-state index in [1.54, 1.807) is 30.3 Å². The van der Waals surface area contributed by atoms with Crippen molar-refractivity contribution >= 4 is 44.8 Å². The third-order valence-electron chi connectivity index (χ3n) is 3.72. The van der Waals surface area contributed by atoms with Gasteiger partial charge in [-0.3, -0.25) is 4.79 Å². The van der Waals surface area contributed by atoms with Gasteiger partial charge in [-0.05, 0) is 40.2 Å². The minimum absolute atomic E-state index is 0.211. The molecule has 3 aromatic rings. The Balaban J connectivity index is 2.17. The van der Waals surface area contributed by atoms with Crippen LogP contribution < -0.4 is 14.9 Å². The van der Waals surface area contributed by atoms with Crippen molar-refractivity contribution in [1.82, 2.24) is 0 Å². The van der Waals surface area contributed by atoms with Crippen molar-refractivity contribution in [2.75, 3.05) is 13.7 Å². The number of aldehydes is 1. The van der Waals surface area contributed by atoms with E-state index in [0.29, 0.717) is 43.3 Å². The topological polar surface area (TPSA) is 65.7 Å². The Labute approximate surface area is 162 Å². The molecule has 0 amide bonds. The first-order valence-electron chi connectivity index (χ1n) is 7.72. The Kier molecular flexibility index (Phi) is 5.64. The maximum absolute atomic E-state index is 12.4. The molecule has 0 saturated heterocycles. The highest BCUT2D eigenvalue weighted by molar-refractivity contribution is 9.10. The summed E-state index contributed by atoms with van der Waals surface area (Å²) in [6.07, 6.45) is 1.05. The summed E-state index contributed by atoms with van der Waals surface area (Å²) in [6, 6.07) is 9.80. The molecule has 0 aliphatic heterocycles. The Hall–Kier alpha value is -2.31. The second-order valence-electron chi connectivity index (χ2n) is 5.38. The number of fused-ring (bicyclic) bond motifs is 1. The second-order valence-corrected chi connectivity index (χ2v) is 6.64. The van der Waals surface area contributed by atoms with E-state index in [1.165, 1.54) is 13.2 Å². The molecule has 0 aliphatic rings. The molecule has 5 nitrogen and oxygen atoms in total. The minimum Gasteiger partial charge on any atom is -0.496 e. The average Bonchev–Trinajstić information content (AvgIpc) is 2.63. The molecule has 2 aromatic carbocycles. The van der Waals surface area contributed by atoms with Gasteiger partial charge in [0.15, 0.2) is 11.0 Å². The number of methoxy groups -OCH3 is 1.